The maximum absolute atomic E-state index is 12.6. The number of nitrogens with one attached hydrogen (secondary N) is 2. The second-order valence-electron chi connectivity index (χ2n) is 8.99. The minimum Gasteiger partial charge on any atom is -0.451 e. The van der Waals surface area contributed by atoms with Crippen LogP contribution in [0.4, 0.5) is 11.4 Å². The molecular weight excluding hydrogens is 539 g/mol. The van der Waals surface area contributed by atoms with E-state index in [0.29, 0.717) is 21.4 Å². The second kappa shape index (κ2) is 12.0. The topological polar surface area (TPSA) is 60.8 Å². The highest BCUT2D eigenvalue weighted by atomic mass is 35.5. The lowest BCUT2D eigenvalue weighted by molar-refractivity contribution is 0.0951. The van der Waals surface area contributed by atoms with E-state index in [0.717, 1.165) is 44.1 Å². The summed E-state index contributed by atoms with van der Waals surface area (Å²) < 4.78 is 5.69. The Morgan fingerprint density at radius 3 is 2.37 bits per heavy atom. The minimum atomic E-state index is -0.461. The smallest absolute Gasteiger partial charge is 0.293 e. The van der Waals surface area contributed by atoms with Gasteiger partial charge in [0.15, 0.2) is 10.9 Å². The quantitative estimate of drug-likeness (QED) is 0.254. The number of hydrogen-bond acceptors (Lipinski definition) is 5. The van der Waals surface area contributed by atoms with Crippen LogP contribution < -0.4 is 15.5 Å². The first-order chi connectivity index (χ1) is 18.4. The Bertz CT molecular complexity index is 1420. The van der Waals surface area contributed by atoms with Gasteiger partial charge in [-0.15, -0.1) is 0 Å². The molecule has 194 valence electrons. The Labute approximate surface area is 237 Å². The van der Waals surface area contributed by atoms with Gasteiger partial charge in [-0.05, 0) is 72.4 Å². The average molecular weight is 566 g/mol. The number of halogens is 2. The molecule has 1 fully saturated rings. The molecule has 5 rings (SSSR count). The second-order valence-corrected chi connectivity index (χ2v) is 10.2. The maximum atomic E-state index is 12.6. The molecule has 0 saturated carbocycles. The van der Waals surface area contributed by atoms with Crippen molar-refractivity contribution >= 4 is 57.8 Å². The van der Waals surface area contributed by atoms with Gasteiger partial charge in [-0.25, -0.2) is 0 Å². The predicted octanol–water partition coefficient (Wildman–Crippen LogP) is 6.70. The van der Waals surface area contributed by atoms with Gasteiger partial charge in [0.05, 0.1) is 5.02 Å². The van der Waals surface area contributed by atoms with Crippen molar-refractivity contribution in [2.45, 2.75) is 6.54 Å². The normalized spacial score (nSPS) is 13.8. The summed E-state index contributed by atoms with van der Waals surface area (Å²) in [5.74, 6) is 0.0943. The standard InChI is InChI=1S/C29H26Cl2N4O2S/c30-21-6-11-25(31)24(18-21)26-12-13-27(37-26)28(36)33-29(38)32-22-7-9-23(10-8-22)35-16-14-34(15-17-35)19-20-4-2-1-3-5-20/h1-13,18H,14-17,19H2,(H2,32,33,36,38). The number of amides is 1. The van der Waals surface area contributed by atoms with E-state index >= 15 is 0 Å². The summed E-state index contributed by atoms with van der Waals surface area (Å²) in [5.41, 5.74) is 3.90. The maximum Gasteiger partial charge on any atom is 0.293 e. The van der Waals surface area contributed by atoms with E-state index in [-0.39, 0.29) is 10.9 Å². The zero-order valence-corrected chi connectivity index (χ0v) is 22.8. The van der Waals surface area contributed by atoms with Crippen LogP contribution in [0, 0.1) is 0 Å². The van der Waals surface area contributed by atoms with Crippen LogP contribution in [-0.4, -0.2) is 42.1 Å². The van der Waals surface area contributed by atoms with Crippen molar-refractivity contribution in [1.82, 2.24) is 10.2 Å². The van der Waals surface area contributed by atoms with Crippen LogP contribution in [0.5, 0.6) is 0 Å². The zero-order valence-electron chi connectivity index (χ0n) is 20.5. The van der Waals surface area contributed by atoms with Crippen molar-refractivity contribution in [2.75, 3.05) is 36.4 Å². The lowest BCUT2D eigenvalue weighted by Gasteiger charge is -2.36. The fraction of sp³-hybridized carbons (Fsp3) is 0.172. The molecule has 0 radical (unpaired) electrons. The Morgan fingerprint density at radius 1 is 0.895 bits per heavy atom. The van der Waals surface area contributed by atoms with Gasteiger partial charge >= 0.3 is 0 Å². The van der Waals surface area contributed by atoms with E-state index in [4.69, 9.17) is 39.8 Å². The number of benzene rings is 3. The molecule has 0 spiro atoms. The number of nitrogens with zero attached hydrogens (tertiary/aromatic N) is 2. The minimum absolute atomic E-state index is 0.113. The molecule has 1 aliphatic heterocycles. The van der Waals surface area contributed by atoms with Crippen LogP contribution in [-0.2, 0) is 6.54 Å². The number of hydrogen-bond donors (Lipinski definition) is 2. The number of rotatable bonds is 6. The van der Waals surface area contributed by atoms with E-state index in [2.05, 4.69) is 62.9 Å². The molecule has 1 amide bonds. The summed E-state index contributed by atoms with van der Waals surface area (Å²) in [7, 11) is 0. The molecule has 0 aliphatic carbocycles. The van der Waals surface area contributed by atoms with Gasteiger partial charge in [0.2, 0.25) is 0 Å². The van der Waals surface area contributed by atoms with Crippen molar-refractivity contribution in [3.63, 3.8) is 0 Å². The summed E-state index contributed by atoms with van der Waals surface area (Å²) >= 11 is 17.6. The van der Waals surface area contributed by atoms with Gasteiger partial charge in [-0.1, -0.05) is 53.5 Å². The Balaban J connectivity index is 1.11. The number of thiocarbonyl (C=S) groups is 1. The summed E-state index contributed by atoms with van der Waals surface area (Å²) in [6, 6.07) is 26.9. The fourth-order valence-electron chi connectivity index (χ4n) is 4.38. The van der Waals surface area contributed by atoms with Gasteiger partial charge in [0, 0.05) is 54.7 Å². The molecular formula is C29H26Cl2N4O2S. The third-order valence-corrected chi connectivity index (χ3v) is 7.13. The first-order valence-corrected chi connectivity index (χ1v) is 13.4. The number of carbonyl (C=O) groups is 1. The Hall–Kier alpha value is -3.36. The molecule has 1 aliphatic rings. The van der Waals surface area contributed by atoms with Crippen molar-refractivity contribution in [2.24, 2.45) is 0 Å². The Morgan fingerprint density at radius 2 is 1.63 bits per heavy atom. The lowest BCUT2D eigenvalue weighted by Crippen LogP contribution is -2.45. The molecule has 4 aromatic rings. The monoisotopic (exact) mass is 564 g/mol. The summed E-state index contributed by atoms with van der Waals surface area (Å²) in [6.45, 7) is 4.96. The van der Waals surface area contributed by atoms with E-state index in [9.17, 15) is 4.79 Å². The van der Waals surface area contributed by atoms with Gasteiger partial charge < -0.3 is 14.6 Å². The van der Waals surface area contributed by atoms with Gasteiger partial charge in [0.1, 0.15) is 5.76 Å². The number of piperazine rings is 1. The highest BCUT2D eigenvalue weighted by Gasteiger charge is 2.18. The molecule has 2 heterocycles. The molecule has 1 saturated heterocycles. The summed E-state index contributed by atoms with van der Waals surface area (Å²) in [5, 5.41) is 6.88. The van der Waals surface area contributed by atoms with E-state index in [1.165, 1.54) is 5.56 Å². The van der Waals surface area contributed by atoms with Crippen LogP contribution >= 0.6 is 35.4 Å². The molecule has 38 heavy (non-hydrogen) atoms. The van der Waals surface area contributed by atoms with Crippen molar-refractivity contribution in [3.05, 3.63) is 106 Å². The van der Waals surface area contributed by atoms with Crippen LogP contribution in [0.2, 0.25) is 10.0 Å². The predicted molar refractivity (Wildman–Crippen MR) is 158 cm³/mol. The van der Waals surface area contributed by atoms with E-state index in [1.54, 1.807) is 30.3 Å². The average Bonchev–Trinajstić information content (AvgIpc) is 3.42. The van der Waals surface area contributed by atoms with Crippen LogP contribution in [0.25, 0.3) is 11.3 Å². The third-order valence-electron chi connectivity index (χ3n) is 6.36. The van der Waals surface area contributed by atoms with Crippen LogP contribution in [0.3, 0.4) is 0 Å². The zero-order chi connectivity index (χ0) is 26.5. The fourth-order valence-corrected chi connectivity index (χ4v) is 4.97. The SMILES string of the molecule is O=C(NC(=S)Nc1ccc(N2CCN(Cc3ccccc3)CC2)cc1)c1ccc(-c2cc(Cl)ccc2Cl)o1. The summed E-state index contributed by atoms with van der Waals surface area (Å²) in [6.07, 6.45) is 0. The molecule has 9 heteroatoms. The molecule has 1 aromatic heterocycles. The number of furan rings is 1. The molecule has 3 aromatic carbocycles. The lowest BCUT2D eigenvalue weighted by atomic mass is 10.2. The third kappa shape index (κ3) is 6.55. The molecule has 0 bridgehead atoms. The first-order valence-electron chi connectivity index (χ1n) is 12.2. The Kier molecular flexibility index (Phi) is 8.29. The first kappa shape index (κ1) is 26.3. The van der Waals surface area contributed by atoms with E-state index < -0.39 is 5.91 Å². The molecule has 0 unspecified atom stereocenters. The number of carbonyl (C=O) groups excluding carboxylic acids is 1. The molecule has 6 nitrogen and oxygen atoms in total. The van der Waals surface area contributed by atoms with Crippen molar-refractivity contribution in [1.29, 1.82) is 0 Å². The van der Waals surface area contributed by atoms with E-state index in [1.807, 2.05) is 12.1 Å². The molecule has 2 N–H and O–H groups in total. The van der Waals surface area contributed by atoms with Crippen LogP contribution in [0.15, 0.2) is 89.3 Å². The van der Waals surface area contributed by atoms with Gasteiger partial charge in [0.25, 0.3) is 5.91 Å². The summed E-state index contributed by atoms with van der Waals surface area (Å²) in [4.78, 5) is 17.5. The highest BCUT2D eigenvalue weighted by Crippen LogP contribution is 2.31. The van der Waals surface area contributed by atoms with Gasteiger partial charge in [-0.3, -0.25) is 15.0 Å². The van der Waals surface area contributed by atoms with Gasteiger partial charge in [-0.2, -0.15) is 0 Å². The largest absolute Gasteiger partial charge is 0.451 e. The highest BCUT2D eigenvalue weighted by molar-refractivity contribution is 7.80. The number of anilines is 2. The van der Waals surface area contributed by atoms with Crippen LogP contribution in [0.1, 0.15) is 16.1 Å². The van der Waals surface area contributed by atoms with Crippen molar-refractivity contribution < 1.29 is 9.21 Å². The van der Waals surface area contributed by atoms with Crippen molar-refractivity contribution in [3.8, 4) is 11.3 Å². The molecule has 0 atom stereocenters.